The highest BCUT2D eigenvalue weighted by Gasteiger charge is 2.22. The van der Waals surface area contributed by atoms with Gasteiger partial charge in [-0.1, -0.05) is 6.92 Å². The maximum atomic E-state index is 14.0. The Kier molecular flexibility index (Phi) is 5.36. The van der Waals surface area contributed by atoms with Crippen molar-refractivity contribution >= 4 is 27.4 Å². The number of aromatic carboxylic acids is 1. The zero-order chi connectivity index (χ0) is 19.6. The minimum atomic E-state index is -4.25. The minimum absolute atomic E-state index is 0.282. The number of rotatable bonds is 5. The second-order valence-electron chi connectivity index (χ2n) is 6.77. The van der Waals surface area contributed by atoms with Gasteiger partial charge in [0, 0.05) is 24.5 Å². The number of hydrogen-bond donors (Lipinski definition) is 2. The van der Waals surface area contributed by atoms with Crippen LogP contribution in [0.5, 0.6) is 0 Å². The summed E-state index contributed by atoms with van der Waals surface area (Å²) >= 11 is 0. The molecule has 2 aromatic rings. The van der Waals surface area contributed by atoms with Crippen molar-refractivity contribution in [3.8, 4) is 0 Å². The molecule has 0 aliphatic carbocycles. The number of sulfonamides is 1. The van der Waals surface area contributed by atoms with Gasteiger partial charge in [0.1, 0.15) is 10.7 Å². The summed E-state index contributed by atoms with van der Waals surface area (Å²) in [6.45, 7) is 4.15. The fourth-order valence-electron chi connectivity index (χ4n) is 3.06. The van der Waals surface area contributed by atoms with Crippen molar-refractivity contribution in [3.63, 3.8) is 0 Å². The van der Waals surface area contributed by atoms with E-state index in [0.29, 0.717) is 5.92 Å². The fraction of sp³-hybridized carbons (Fsp3) is 0.316. The van der Waals surface area contributed by atoms with Gasteiger partial charge < -0.3 is 10.0 Å². The molecule has 2 aromatic carbocycles. The summed E-state index contributed by atoms with van der Waals surface area (Å²) in [6.07, 6.45) is 2.24. The second-order valence-corrected chi connectivity index (χ2v) is 8.42. The Morgan fingerprint density at radius 2 is 1.78 bits per heavy atom. The first-order valence-electron chi connectivity index (χ1n) is 8.67. The molecule has 1 aliphatic rings. The van der Waals surface area contributed by atoms with E-state index in [1.807, 2.05) is 12.1 Å². The van der Waals surface area contributed by atoms with Gasteiger partial charge in [-0.2, -0.15) is 0 Å². The number of nitrogens with zero attached hydrogens (tertiary/aromatic N) is 1. The number of piperidine rings is 1. The van der Waals surface area contributed by atoms with Gasteiger partial charge in [-0.15, -0.1) is 0 Å². The van der Waals surface area contributed by atoms with E-state index < -0.39 is 26.7 Å². The second kappa shape index (κ2) is 7.56. The molecule has 6 nitrogen and oxygen atoms in total. The van der Waals surface area contributed by atoms with E-state index in [-0.39, 0.29) is 11.3 Å². The highest BCUT2D eigenvalue weighted by atomic mass is 32.2. The van der Waals surface area contributed by atoms with E-state index in [4.69, 9.17) is 5.11 Å². The van der Waals surface area contributed by atoms with Crippen molar-refractivity contribution < 1.29 is 22.7 Å². The van der Waals surface area contributed by atoms with Crippen molar-refractivity contribution in [1.29, 1.82) is 0 Å². The lowest BCUT2D eigenvalue weighted by Crippen LogP contribution is -2.32. The molecule has 2 N–H and O–H groups in total. The summed E-state index contributed by atoms with van der Waals surface area (Å²) < 4.78 is 41.2. The Hall–Kier alpha value is -2.61. The first-order chi connectivity index (χ1) is 12.8. The number of carbonyl (C=O) groups is 1. The van der Waals surface area contributed by atoms with Gasteiger partial charge in [-0.25, -0.2) is 17.6 Å². The molecule has 1 fully saturated rings. The van der Waals surface area contributed by atoms with Gasteiger partial charge in [0.25, 0.3) is 10.0 Å². The van der Waals surface area contributed by atoms with Crippen LogP contribution in [0.25, 0.3) is 0 Å². The Morgan fingerprint density at radius 1 is 1.15 bits per heavy atom. The van der Waals surface area contributed by atoms with Crippen molar-refractivity contribution in [1.82, 2.24) is 0 Å². The van der Waals surface area contributed by atoms with E-state index in [9.17, 15) is 17.6 Å². The largest absolute Gasteiger partial charge is 0.478 e. The number of benzene rings is 2. The quantitative estimate of drug-likeness (QED) is 0.812. The average molecular weight is 392 g/mol. The molecule has 0 unspecified atom stereocenters. The van der Waals surface area contributed by atoms with E-state index in [1.165, 1.54) is 0 Å². The predicted octanol–water partition coefficient (Wildman–Crippen LogP) is 3.56. The summed E-state index contributed by atoms with van der Waals surface area (Å²) in [5, 5.41) is 8.98. The lowest BCUT2D eigenvalue weighted by atomic mass is 9.99. The molecule has 8 heteroatoms. The predicted molar refractivity (Wildman–Crippen MR) is 101 cm³/mol. The highest BCUT2D eigenvalue weighted by Crippen LogP contribution is 2.26. The fourth-order valence-corrected chi connectivity index (χ4v) is 4.22. The molecule has 27 heavy (non-hydrogen) atoms. The SMILES string of the molecule is CC1CCN(c2ccc(NS(=O)(=O)c3cc(C(=O)O)ccc3F)cc2)CC1. The van der Waals surface area contributed by atoms with Crippen LogP contribution in [0.4, 0.5) is 15.8 Å². The average Bonchev–Trinajstić information content (AvgIpc) is 2.63. The zero-order valence-electron chi connectivity index (χ0n) is 14.9. The van der Waals surface area contributed by atoms with Crippen LogP contribution in [0, 0.1) is 11.7 Å². The van der Waals surface area contributed by atoms with Gasteiger partial charge in [0.2, 0.25) is 0 Å². The van der Waals surface area contributed by atoms with Crippen LogP contribution in [0.1, 0.15) is 30.1 Å². The van der Waals surface area contributed by atoms with Crippen molar-refractivity contribution in [3.05, 3.63) is 53.8 Å². The number of carboxylic acids is 1. The van der Waals surface area contributed by atoms with Crippen LogP contribution in [0.2, 0.25) is 0 Å². The van der Waals surface area contributed by atoms with Crippen LogP contribution in [-0.2, 0) is 10.0 Å². The van der Waals surface area contributed by atoms with E-state index >= 15 is 0 Å². The summed E-state index contributed by atoms with van der Waals surface area (Å²) in [5.41, 5.74) is 0.986. The molecular weight excluding hydrogens is 371 g/mol. The van der Waals surface area contributed by atoms with Crippen LogP contribution in [0.15, 0.2) is 47.4 Å². The van der Waals surface area contributed by atoms with Crippen LogP contribution < -0.4 is 9.62 Å². The molecule has 0 bridgehead atoms. The molecule has 144 valence electrons. The maximum Gasteiger partial charge on any atom is 0.335 e. The van der Waals surface area contributed by atoms with Crippen molar-refractivity contribution in [2.45, 2.75) is 24.7 Å². The zero-order valence-corrected chi connectivity index (χ0v) is 15.7. The molecule has 0 amide bonds. The molecule has 0 radical (unpaired) electrons. The third-order valence-electron chi connectivity index (χ3n) is 4.74. The molecule has 0 saturated carbocycles. The molecule has 3 rings (SSSR count). The number of halogens is 1. The third-order valence-corrected chi connectivity index (χ3v) is 6.13. The van der Waals surface area contributed by atoms with Crippen LogP contribution >= 0.6 is 0 Å². The molecule has 0 spiro atoms. The van der Waals surface area contributed by atoms with Crippen molar-refractivity contribution in [2.75, 3.05) is 22.7 Å². The molecule has 0 aromatic heterocycles. The number of carboxylic acid groups (broad SMARTS) is 1. The summed E-state index contributed by atoms with van der Waals surface area (Å²) in [5.74, 6) is -1.62. The van der Waals surface area contributed by atoms with Crippen LogP contribution in [0.3, 0.4) is 0 Å². The summed E-state index contributed by atoms with van der Waals surface area (Å²) in [4.78, 5) is 12.6. The monoisotopic (exact) mass is 392 g/mol. The highest BCUT2D eigenvalue weighted by molar-refractivity contribution is 7.92. The number of anilines is 2. The molecule has 1 heterocycles. The maximum absolute atomic E-state index is 14.0. The van der Waals surface area contributed by atoms with Gasteiger partial charge in [-0.3, -0.25) is 4.72 Å². The number of hydrogen-bond acceptors (Lipinski definition) is 4. The van der Waals surface area contributed by atoms with E-state index in [2.05, 4.69) is 16.5 Å². The first kappa shape index (κ1) is 19.2. The molecular formula is C19H21FN2O4S. The number of nitrogens with one attached hydrogen (secondary N) is 1. The minimum Gasteiger partial charge on any atom is -0.478 e. The normalized spacial score (nSPS) is 15.6. The van der Waals surface area contributed by atoms with Gasteiger partial charge >= 0.3 is 5.97 Å². The lowest BCUT2D eigenvalue weighted by molar-refractivity contribution is 0.0696. The van der Waals surface area contributed by atoms with Gasteiger partial charge in [-0.05, 0) is 61.2 Å². The van der Waals surface area contributed by atoms with E-state index in [0.717, 1.165) is 49.8 Å². The lowest BCUT2D eigenvalue weighted by Gasteiger charge is -2.32. The summed E-state index contributed by atoms with van der Waals surface area (Å²) in [7, 11) is -4.25. The van der Waals surface area contributed by atoms with Crippen LogP contribution in [-0.4, -0.2) is 32.6 Å². The van der Waals surface area contributed by atoms with Crippen molar-refractivity contribution in [2.24, 2.45) is 5.92 Å². The Bertz CT molecular complexity index is 937. The summed E-state index contributed by atoms with van der Waals surface area (Å²) in [6, 6.07) is 9.52. The van der Waals surface area contributed by atoms with E-state index in [1.54, 1.807) is 12.1 Å². The topological polar surface area (TPSA) is 86.7 Å². The van der Waals surface area contributed by atoms with Gasteiger partial charge in [0.05, 0.1) is 5.56 Å². The molecule has 1 aliphatic heterocycles. The first-order valence-corrected chi connectivity index (χ1v) is 10.2. The Morgan fingerprint density at radius 3 is 2.37 bits per heavy atom. The van der Waals surface area contributed by atoms with Gasteiger partial charge in [0.15, 0.2) is 0 Å². The Labute approximate surface area is 157 Å². The molecule has 1 saturated heterocycles. The standard InChI is InChI=1S/C19H21FN2O4S/c1-13-8-10-22(11-9-13)16-5-3-15(4-6-16)21-27(25,26)18-12-14(19(23)24)2-7-17(18)20/h2-7,12-13,21H,8-11H2,1H3,(H,23,24). The molecule has 0 atom stereocenters. The third kappa shape index (κ3) is 4.39. The Balaban J connectivity index is 1.78. The smallest absolute Gasteiger partial charge is 0.335 e.